The molecule has 11 heteroatoms. The minimum atomic E-state index is -4.75. The average molecular weight is 352 g/mol. The predicted molar refractivity (Wildman–Crippen MR) is 79.8 cm³/mol. The highest BCUT2D eigenvalue weighted by Crippen LogP contribution is 2.36. The number of rotatable bonds is 3. The molecule has 0 unspecified atom stereocenters. The van der Waals surface area contributed by atoms with Gasteiger partial charge in [-0.15, -0.1) is 0 Å². The smallest absolute Gasteiger partial charge is 0.338 e. The number of benzene rings is 2. The normalized spacial score (nSPS) is 11.6. The summed E-state index contributed by atoms with van der Waals surface area (Å²) in [6.45, 7) is 0. The van der Waals surface area contributed by atoms with Crippen molar-refractivity contribution in [3.63, 3.8) is 0 Å². The minimum absolute atomic E-state index is 0.0623. The van der Waals surface area contributed by atoms with Gasteiger partial charge in [0.2, 0.25) is 0 Å². The molecule has 1 aromatic heterocycles. The summed E-state index contributed by atoms with van der Waals surface area (Å²) in [5.74, 6) is 0.0623. The van der Waals surface area contributed by atoms with Gasteiger partial charge in [0, 0.05) is 23.8 Å². The van der Waals surface area contributed by atoms with Gasteiger partial charge in [0.25, 0.3) is 11.4 Å². The Morgan fingerprint density at radius 1 is 1.00 bits per heavy atom. The molecular weight excluding hydrogens is 345 g/mol. The molecule has 0 amide bonds. The minimum Gasteiger partial charge on any atom is -0.338 e. The van der Waals surface area contributed by atoms with Gasteiger partial charge in [-0.3, -0.25) is 20.2 Å². The van der Waals surface area contributed by atoms with E-state index >= 15 is 0 Å². The highest BCUT2D eigenvalue weighted by Gasteiger charge is 2.34. The SMILES string of the molecule is O=[N+]([O-])c1ccc(-c2nc3c([N+](=O)[O-])cc(C(F)(F)F)cc3[nH]2)cc1. The first kappa shape index (κ1) is 16.4. The van der Waals surface area contributed by atoms with Gasteiger partial charge in [-0.1, -0.05) is 0 Å². The van der Waals surface area contributed by atoms with E-state index in [1.165, 1.54) is 24.3 Å². The van der Waals surface area contributed by atoms with E-state index in [0.29, 0.717) is 11.6 Å². The van der Waals surface area contributed by atoms with Gasteiger partial charge in [0.1, 0.15) is 5.82 Å². The summed E-state index contributed by atoms with van der Waals surface area (Å²) in [7, 11) is 0. The second-order valence-corrected chi connectivity index (χ2v) is 5.04. The van der Waals surface area contributed by atoms with Crippen LogP contribution in [0.25, 0.3) is 22.4 Å². The molecule has 0 fully saturated rings. The topological polar surface area (TPSA) is 115 Å². The number of non-ortho nitro benzene ring substituents is 2. The molecular formula is C14H7F3N4O4. The number of aromatic nitrogens is 2. The largest absolute Gasteiger partial charge is 0.416 e. The Hall–Kier alpha value is -3.50. The number of fused-ring (bicyclic) bond motifs is 1. The Balaban J connectivity index is 2.17. The van der Waals surface area contributed by atoms with Crippen LogP contribution in [0.5, 0.6) is 0 Å². The van der Waals surface area contributed by atoms with Crippen LogP contribution in [0.3, 0.4) is 0 Å². The van der Waals surface area contributed by atoms with Crippen LogP contribution in [0.4, 0.5) is 24.5 Å². The maximum absolute atomic E-state index is 12.9. The van der Waals surface area contributed by atoms with Crippen LogP contribution in [-0.2, 0) is 6.18 Å². The van der Waals surface area contributed by atoms with Crippen molar-refractivity contribution in [3.05, 3.63) is 62.2 Å². The van der Waals surface area contributed by atoms with Crippen LogP contribution in [0.15, 0.2) is 36.4 Å². The number of nitro groups is 2. The van der Waals surface area contributed by atoms with E-state index in [1.54, 1.807) is 0 Å². The molecule has 0 aliphatic rings. The quantitative estimate of drug-likeness (QED) is 0.564. The lowest BCUT2D eigenvalue weighted by atomic mass is 10.1. The molecule has 0 atom stereocenters. The van der Waals surface area contributed by atoms with Gasteiger partial charge in [0.15, 0.2) is 5.52 Å². The molecule has 0 saturated carbocycles. The number of alkyl halides is 3. The maximum atomic E-state index is 12.9. The molecule has 0 aliphatic heterocycles. The van der Waals surface area contributed by atoms with Gasteiger partial charge in [-0.2, -0.15) is 13.2 Å². The summed E-state index contributed by atoms with van der Waals surface area (Å²) >= 11 is 0. The van der Waals surface area contributed by atoms with Crippen LogP contribution in [0.2, 0.25) is 0 Å². The van der Waals surface area contributed by atoms with E-state index in [9.17, 15) is 33.4 Å². The lowest BCUT2D eigenvalue weighted by molar-refractivity contribution is -0.384. The maximum Gasteiger partial charge on any atom is 0.416 e. The summed E-state index contributed by atoms with van der Waals surface area (Å²) < 4.78 is 38.7. The summed E-state index contributed by atoms with van der Waals surface area (Å²) in [5, 5.41) is 21.7. The van der Waals surface area contributed by atoms with Gasteiger partial charge >= 0.3 is 6.18 Å². The molecule has 2 aromatic carbocycles. The molecule has 128 valence electrons. The lowest BCUT2D eigenvalue weighted by Gasteiger charge is -2.05. The van der Waals surface area contributed by atoms with Crippen LogP contribution in [0, 0.1) is 20.2 Å². The first-order chi connectivity index (χ1) is 11.7. The van der Waals surface area contributed by atoms with Crippen molar-refractivity contribution in [1.29, 1.82) is 0 Å². The van der Waals surface area contributed by atoms with E-state index in [-0.39, 0.29) is 22.5 Å². The van der Waals surface area contributed by atoms with Crippen molar-refractivity contribution in [1.82, 2.24) is 9.97 Å². The second-order valence-electron chi connectivity index (χ2n) is 5.04. The average Bonchev–Trinajstić information content (AvgIpc) is 2.96. The van der Waals surface area contributed by atoms with Gasteiger partial charge in [-0.25, -0.2) is 4.98 Å². The fourth-order valence-electron chi connectivity index (χ4n) is 2.28. The van der Waals surface area contributed by atoms with Crippen molar-refractivity contribution in [2.45, 2.75) is 6.18 Å². The number of hydrogen-bond acceptors (Lipinski definition) is 5. The van der Waals surface area contributed by atoms with Crippen LogP contribution in [-0.4, -0.2) is 19.8 Å². The summed E-state index contributed by atoms with van der Waals surface area (Å²) in [5.41, 5.74) is -2.18. The molecule has 0 aliphatic carbocycles. The Labute approximate surface area is 136 Å². The van der Waals surface area contributed by atoms with Crippen molar-refractivity contribution < 1.29 is 23.0 Å². The highest BCUT2D eigenvalue weighted by molar-refractivity contribution is 5.88. The Morgan fingerprint density at radius 3 is 2.16 bits per heavy atom. The molecule has 0 bridgehead atoms. The van der Waals surface area contributed by atoms with Crippen LogP contribution >= 0.6 is 0 Å². The number of hydrogen-bond donors (Lipinski definition) is 1. The number of nitro benzene ring substituents is 2. The molecule has 0 spiro atoms. The first-order valence-electron chi connectivity index (χ1n) is 6.67. The van der Waals surface area contributed by atoms with Crippen molar-refractivity contribution in [3.8, 4) is 11.4 Å². The zero-order chi connectivity index (χ0) is 18.4. The number of halogens is 3. The van der Waals surface area contributed by atoms with Crippen molar-refractivity contribution in [2.24, 2.45) is 0 Å². The molecule has 25 heavy (non-hydrogen) atoms. The van der Waals surface area contributed by atoms with Gasteiger partial charge in [0.05, 0.1) is 20.9 Å². The lowest BCUT2D eigenvalue weighted by Crippen LogP contribution is -2.05. The van der Waals surface area contributed by atoms with Gasteiger partial charge in [-0.05, 0) is 18.2 Å². The third kappa shape index (κ3) is 2.98. The number of H-pyrrole nitrogens is 1. The summed E-state index contributed by atoms with van der Waals surface area (Å²) in [4.78, 5) is 26.7. The van der Waals surface area contributed by atoms with E-state index in [2.05, 4.69) is 9.97 Å². The standard InChI is InChI=1S/C14H7F3N4O4/c15-14(16,17)8-5-10-12(11(6-8)21(24)25)19-13(18-10)7-1-3-9(4-2-7)20(22)23/h1-6H,(H,18,19). The molecule has 0 saturated heterocycles. The van der Waals surface area contributed by atoms with Crippen molar-refractivity contribution in [2.75, 3.05) is 0 Å². The molecule has 8 nitrogen and oxygen atoms in total. The third-order valence-electron chi connectivity index (χ3n) is 3.44. The summed E-state index contributed by atoms with van der Waals surface area (Å²) in [6.07, 6.45) is -4.75. The second kappa shape index (κ2) is 5.54. The van der Waals surface area contributed by atoms with Crippen LogP contribution < -0.4 is 0 Å². The zero-order valence-electron chi connectivity index (χ0n) is 12.1. The molecule has 0 radical (unpaired) electrons. The van der Waals surface area contributed by atoms with Gasteiger partial charge < -0.3 is 4.98 Å². The summed E-state index contributed by atoms with van der Waals surface area (Å²) in [6, 6.07) is 6.21. The Morgan fingerprint density at radius 2 is 1.64 bits per heavy atom. The molecule has 1 N–H and O–H groups in total. The molecule has 1 heterocycles. The Bertz CT molecular complexity index is 996. The monoisotopic (exact) mass is 352 g/mol. The first-order valence-corrected chi connectivity index (χ1v) is 6.67. The van der Waals surface area contributed by atoms with E-state index in [0.717, 1.165) is 6.07 Å². The Kier molecular flexibility index (Phi) is 3.63. The number of nitrogens with one attached hydrogen (secondary N) is 1. The number of imidazole rings is 1. The third-order valence-corrected chi connectivity index (χ3v) is 3.44. The van der Waals surface area contributed by atoms with E-state index in [1.807, 2.05) is 0 Å². The molecule has 3 aromatic rings. The fraction of sp³-hybridized carbons (Fsp3) is 0.0714. The van der Waals surface area contributed by atoms with E-state index in [4.69, 9.17) is 0 Å². The zero-order valence-corrected chi connectivity index (χ0v) is 12.1. The number of aromatic amines is 1. The van der Waals surface area contributed by atoms with E-state index < -0.39 is 27.3 Å². The fourth-order valence-corrected chi connectivity index (χ4v) is 2.28. The molecule has 3 rings (SSSR count). The highest BCUT2D eigenvalue weighted by atomic mass is 19.4. The number of nitrogens with zero attached hydrogens (tertiary/aromatic N) is 3. The van der Waals surface area contributed by atoms with Crippen molar-refractivity contribution >= 4 is 22.4 Å². The van der Waals surface area contributed by atoms with Crippen LogP contribution in [0.1, 0.15) is 5.56 Å². The predicted octanol–water partition coefficient (Wildman–Crippen LogP) is 4.07.